The van der Waals surface area contributed by atoms with Crippen LogP contribution in [0.25, 0.3) is 0 Å². The summed E-state index contributed by atoms with van der Waals surface area (Å²) < 4.78 is 0. The highest BCUT2D eigenvalue weighted by atomic mass is 32.2. The van der Waals surface area contributed by atoms with Gasteiger partial charge >= 0.3 is 0 Å². The average molecular weight is 209 g/mol. The molecule has 0 bridgehead atoms. The van der Waals surface area contributed by atoms with Gasteiger partial charge in [-0.05, 0) is 5.25 Å². The third-order valence-corrected chi connectivity index (χ3v) is 2.88. The molecule has 0 aromatic carbocycles. The van der Waals surface area contributed by atoms with Crippen molar-refractivity contribution in [3.8, 4) is 0 Å². The van der Waals surface area contributed by atoms with Crippen LogP contribution in [0.3, 0.4) is 0 Å². The van der Waals surface area contributed by atoms with Gasteiger partial charge in [-0.2, -0.15) is 24.4 Å². The molecule has 1 unspecified atom stereocenters. The third-order valence-electron chi connectivity index (χ3n) is 1.40. The van der Waals surface area contributed by atoms with Gasteiger partial charge in [-0.25, -0.2) is 0 Å². The molecular formula is C8H19NOS2. The second kappa shape index (κ2) is 8.23. The van der Waals surface area contributed by atoms with Gasteiger partial charge in [-0.3, -0.25) is 0 Å². The van der Waals surface area contributed by atoms with E-state index in [9.17, 15) is 0 Å². The highest BCUT2D eigenvalue weighted by Crippen LogP contribution is 2.10. The van der Waals surface area contributed by atoms with Gasteiger partial charge in [0.25, 0.3) is 0 Å². The van der Waals surface area contributed by atoms with E-state index >= 15 is 0 Å². The highest BCUT2D eigenvalue weighted by molar-refractivity contribution is 7.99. The number of hydrogen-bond acceptors (Lipinski definition) is 4. The van der Waals surface area contributed by atoms with Crippen LogP contribution >= 0.6 is 24.4 Å². The van der Waals surface area contributed by atoms with Gasteiger partial charge in [0, 0.05) is 24.1 Å². The fraction of sp³-hybridized carbons (Fsp3) is 1.00. The molecule has 0 rings (SSSR count). The maximum absolute atomic E-state index is 8.96. The Labute approximate surface area is 84.9 Å². The van der Waals surface area contributed by atoms with Crippen LogP contribution in [0.5, 0.6) is 0 Å². The number of thiol groups is 1. The van der Waals surface area contributed by atoms with Crippen LogP contribution in [0.1, 0.15) is 13.8 Å². The van der Waals surface area contributed by atoms with Gasteiger partial charge in [-0.1, -0.05) is 13.8 Å². The largest absolute Gasteiger partial charge is 0.395 e. The fourth-order valence-electron chi connectivity index (χ4n) is 0.753. The minimum atomic E-state index is 0.216. The zero-order chi connectivity index (χ0) is 9.40. The van der Waals surface area contributed by atoms with Crippen molar-refractivity contribution in [2.45, 2.75) is 25.1 Å². The normalized spacial score (nSPS) is 13.8. The molecule has 2 N–H and O–H groups in total. The summed E-state index contributed by atoms with van der Waals surface area (Å²) in [5.74, 6) is 1.80. The number of aliphatic hydroxyl groups excluding tert-OH is 1. The van der Waals surface area contributed by atoms with Gasteiger partial charge in [0.2, 0.25) is 0 Å². The van der Waals surface area contributed by atoms with E-state index in [1.807, 2.05) is 11.8 Å². The zero-order valence-corrected chi connectivity index (χ0v) is 9.50. The van der Waals surface area contributed by atoms with Crippen molar-refractivity contribution in [3.63, 3.8) is 0 Å². The van der Waals surface area contributed by atoms with Crippen molar-refractivity contribution in [2.75, 3.05) is 24.7 Å². The molecule has 0 spiro atoms. The molecule has 0 aliphatic rings. The Kier molecular flexibility index (Phi) is 8.65. The quantitative estimate of drug-likeness (QED) is 0.547. The van der Waals surface area contributed by atoms with Crippen LogP contribution in [0, 0.1) is 0 Å². The minimum absolute atomic E-state index is 0.216. The first-order valence-electron chi connectivity index (χ1n) is 4.27. The molecule has 0 aromatic rings. The molecule has 0 amide bonds. The molecule has 0 aliphatic carbocycles. The van der Waals surface area contributed by atoms with E-state index in [1.165, 1.54) is 0 Å². The van der Waals surface area contributed by atoms with Gasteiger partial charge in [0.05, 0.1) is 6.61 Å². The first kappa shape index (κ1) is 12.6. The summed E-state index contributed by atoms with van der Waals surface area (Å²) in [7, 11) is 0. The Hall–Kier alpha value is 0.620. The van der Waals surface area contributed by atoms with E-state index in [1.54, 1.807) is 0 Å². The van der Waals surface area contributed by atoms with Gasteiger partial charge in [0.1, 0.15) is 0 Å². The first-order chi connectivity index (χ1) is 5.70. The van der Waals surface area contributed by atoms with Gasteiger partial charge < -0.3 is 10.4 Å². The summed E-state index contributed by atoms with van der Waals surface area (Å²) in [5.41, 5.74) is 0. The van der Waals surface area contributed by atoms with Crippen molar-refractivity contribution >= 4 is 24.4 Å². The molecule has 0 aromatic heterocycles. The third kappa shape index (κ3) is 7.28. The molecule has 0 radical (unpaired) electrons. The van der Waals surface area contributed by atoms with E-state index in [2.05, 4.69) is 31.8 Å². The van der Waals surface area contributed by atoms with Crippen molar-refractivity contribution in [1.29, 1.82) is 0 Å². The predicted octanol–water partition coefficient (Wildman–Crippen LogP) is 1.01. The van der Waals surface area contributed by atoms with E-state index in [0.717, 1.165) is 18.1 Å². The zero-order valence-electron chi connectivity index (χ0n) is 7.79. The summed E-state index contributed by atoms with van der Waals surface area (Å²) in [4.78, 5) is 0. The van der Waals surface area contributed by atoms with Gasteiger partial charge in [0.15, 0.2) is 0 Å². The monoisotopic (exact) mass is 209 g/mol. The average Bonchev–Trinajstić information content (AvgIpc) is 2.05. The van der Waals surface area contributed by atoms with Crippen LogP contribution in [0.4, 0.5) is 0 Å². The lowest BCUT2D eigenvalue weighted by Crippen LogP contribution is -2.36. The lowest BCUT2D eigenvalue weighted by Gasteiger charge is -2.16. The number of hydrogen-bond donors (Lipinski definition) is 3. The highest BCUT2D eigenvalue weighted by Gasteiger charge is 2.06. The SMILES string of the molecule is CC(C)SCC(CO)NCCS. The Morgan fingerprint density at radius 3 is 2.58 bits per heavy atom. The number of thioether (sulfide) groups is 1. The molecule has 0 heterocycles. The summed E-state index contributed by atoms with van der Waals surface area (Å²) >= 11 is 5.96. The molecule has 74 valence electrons. The lowest BCUT2D eigenvalue weighted by molar-refractivity contribution is 0.256. The second-order valence-electron chi connectivity index (χ2n) is 2.94. The van der Waals surface area contributed by atoms with E-state index in [-0.39, 0.29) is 12.6 Å². The molecule has 0 aliphatic heterocycles. The Bertz CT molecular complexity index is 101. The minimum Gasteiger partial charge on any atom is -0.395 e. The Morgan fingerprint density at radius 2 is 2.17 bits per heavy atom. The number of rotatable bonds is 7. The summed E-state index contributed by atoms with van der Waals surface area (Å²) in [6, 6.07) is 0.226. The van der Waals surface area contributed by atoms with E-state index in [4.69, 9.17) is 5.11 Å². The summed E-state index contributed by atoms with van der Waals surface area (Å²) in [6.45, 7) is 5.41. The molecule has 0 saturated heterocycles. The van der Waals surface area contributed by atoms with Crippen LogP contribution in [-0.4, -0.2) is 41.1 Å². The van der Waals surface area contributed by atoms with E-state index in [0.29, 0.717) is 5.25 Å². The standard InChI is InChI=1S/C8H19NOS2/c1-7(2)12-6-8(5-10)9-3-4-11/h7-11H,3-6H2,1-2H3. The molecule has 4 heteroatoms. The Morgan fingerprint density at radius 1 is 1.50 bits per heavy atom. The number of aliphatic hydroxyl groups is 1. The van der Waals surface area contributed by atoms with Crippen LogP contribution in [-0.2, 0) is 0 Å². The summed E-state index contributed by atoms with van der Waals surface area (Å²) in [5, 5.41) is 12.8. The lowest BCUT2D eigenvalue weighted by atomic mass is 10.3. The van der Waals surface area contributed by atoms with Crippen molar-refractivity contribution in [3.05, 3.63) is 0 Å². The first-order valence-corrected chi connectivity index (χ1v) is 5.95. The summed E-state index contributed by atoms with van der Waals surface area (Å²) in [6.07, 6.45) is 0. The van der Waals surface area contributed by atoms with Crippen molar-refractivity contribution in [2.24, 2.45) is 0 Å². The van der Waals surface area contributed by atoms with Crippen LogP contribution in [0.15, 0.2) is 0 Å². The molecule has 0 fully saturated rings. The fourth-order valence-corrected chi connectivity index (χ4v) is 1.72. The molecular weight excluding hydrogens is 190 g/mol. The van der Waals surface area contributed by atoms with Crippen LogP contribution < -0.4 is 5.32 Å². The molecule has 2 nitrogen and oxygen atoms in total. The smallest absolute Gasteiger partial charge is 0.0592 e. The van der Waals surface area contributed by atoms with Crippen molar-refractivity contribution < 1.29 is 5.11 Å². The molecule has 12 heavy (non-hydrogen) atoms. The number of nitrogens with one attached hydrogen (secondary N) is 1. The predicted molar refractivity (Wildman–Crippen MR) is 60.3 cm³/mol. The van der Waals surface area contributed by atoms with E-state index < -0.39 is 0 Å². The Balaban J connectivity index is 3.39. The maximum atomic E-state index is 8.96. The maximum Gasteiger partial charge on any atom is 0.0592 e. The van der Waals surface area contributed by atoms with Gasteiger partial charge in [-0.15, -0.1) is 0 Å². The topological polar surface area (TPSA) is 32.3 Å². The molecule has 0 saturated carbocycles. The second-order valence-corrected chi connectivity index (χ2v) is 5.00. The molecule has 1 atom stereocenters. The van der Waals surface area contributed by atoms with Crippen LogP contribution in [0.2, 0.25) is 0 Å². The van der Waals surface area contributed by atoms with Crippen molar-refractivity contribution in [1.82, 2.24) is 5.32 Å².